The minimum absolute atomic E-state index is 0.200. The van der Waals surface area contributed by atoms with Crippen molar-refractivity contribution in [3.8, 4) is 11.5 Å². The fourth-order valence-corrected chi connectivity index (χ4v) is 1.91. The fraction of sp³-hybridized carbons (Fsp3) is 0.462. The van der Waals surface area contributed by atoms with Gasteiger partial charge in [0.2, 0.25) is 0 Å². The molecule has 0 bridgehead atoms. The van der Waals surface area contributed by atoms with E-state index in [0.717, 1.165) is 12.8 Å². The number of hydrogen-bond acceptors (Lipinski definition) is 4. The van der Waals surface area contributed by atoms with Gasteiger partial charge in [-0.05, 0) is 25.0 Å². The Hall–Kier alpha value is -1.75. The van der Waals surface area contributed by atoms with Gasteiger partial charge in [0, 0.05) is 25.2 Å². The first-order chi connectivity index (χ1) is 8.69. The Balaban J connectivity index is 1.94. The van der Waals surface area contributed by atoms with Gasteiger partial charge in [-0.1, -0.05) is 6.07 Å². The largest absolute Gasteiger partial charge is 0.497 e. The predicted octanol–water partition coefficient (Wildman–Crippen LogP) is 1.62. The highest BCUT2D eigenvalue weighted by Gasteiger charge is 2.22. The molecule has 5 heteroatoms. The van der Waals surface area contributed by atoms with Crippen LogP contribution >= 0.6 is 0 Å². The van der Waals surface area contributed by atoms with E-state index in [9.17, 15) is 4.79 Å². The van der Waals surface area contributed by atoms with Gasteiger partial charge in [-0.2, -0.15) is 0 Å². The summed E-state index contributed by atoms with van der Waals surface area (Å²) in [7, 11) is 1.58. The van der Waals surface area contributed by atoms with Gasteiger partial charge in [-0.3, -0.25) is 0 Å². The summed E-state index contributed by atoms with van der Waals surface area (Å²) in [5.41, 5.74) is 5.79. The molecule has 18 heavy (non-hydrogen) atoms. The molecule has 2 N–H and O–H groups in total. The van der Waals surface area contributed by atoms with Gasteiger partial charge in [0.05, 0.1) is 7.11 Å². The van der Waals surface area contributed by atoms with Crippen molar-refractivity contribution in [1.82, 2.24) is 4.90 Å². The molecule has 98 valence electrons. The Morgan fingerprint density at radius 1 is 1.33 bits per heavy atom. The van der Waals surface area contributed by atoms with Crippen molar-refractivity contribution >= 4 is 6.09 Å². The van der Waals surface area contributed by atoms with Crippen LogP contribution in [0.15, 0.2) is 24.3 Å². The van der Waals surface area contributed by atoms with Crippen LogP contribution in [0.25, 0.3) is 0 Å². The van der Waals surface area contributed by atoms with Crippen LogP contribution in [0.2, 0.25) is 0 Å². The normalized spacial score (nSPS) is 16.4. The zero-order valence-corrected chi connectivity index (χ0v) is 10.5. The molecule has 1 heterocycles. The van der Waals surface area contributed by atoms with Crippen molar-refractivity contribution in [2.45, 2.75) is 18.9 Å². The number of rotatable bonds is 2. The molecule has 1 saturated heterocycles. The number of carbonyl (C=O) groups is 1. The molecule has 0 unspecified atom stereocenters. The third kappa shape index (κ3) is 3.13. The predicted molar refractivity (Wildman–Crippen MR) is 67.8 cm³/mol. The van der Waals surface area contributed by atoms with Gasteiger partial charge in [0.1, 0.15) is 11.5 Å². The number of nitrogens with zero attached hydrogens (tertiary/aromatic N) is 1. The molecule has 0 radical (unpaired) electrons. The number of amides is 1. The highest BCUT2D eigenvalue weighted by atomic mass is 16.6. The number of ether oxygens (including phenoxy) is 2. The van der Waals surface area contributed by atoms with E-state index in [2.05, 4.69) is 0 Å². The zero-order valence-electron chi connectivity index (χ0n) is 10.5. The lowest BCUT2D eigenvalue weighted by Gasteiger charge is -2.29. The summed E-state index contributed by atoms with van der Waals surface area (Å²) in [6.45, 7) is 1.31. The first kappa shape index (κ1) is 12.7. The molecule has 1 amide bonds. The van der Waals surface area contributed by atoms with Crippen LogP contribution in [0, 0.1) is 0 Å². The first-order valence-electron chi connectivity index (χ1n) is 6.05. The average Bonchev–Trinajstić information content (AvgIpc) is 2.39. The molecule has 5 nitrogen and oxygen atoms in total. The van der Waals surface area contributed by atoms with Crippen LogP contribution in [-0.2, 0) is 0 Å². The van der Waals surface area contributed by atoms with E-state index in [1.807, 2.05) is 0 Å². The van der Waals surface area contributed by atoms with Crippen LogP contribution in [0.5, 0.6) is 11.5 Å². The number of likely N-dealkylation sites (tertiary alicyclic amines) is 1. The van der Waals surface area contributed by atoms with E-state index >= 15 is 0 Å². The standard InChI is InChI=1S/C13H18N2O3/c1-17-11-3-2-4-12(9-11)18-13(16)15-7-5-10(14)6-8-15/h2-4,9-10H,5-8,14H2,1H3. The quantitative estimate of drug-likeness (QED) is 0.866. The van der Waals surface area contributed by atoms with Crippen molar-refractivity contribution in [1.29, 1.82) is 0 Å². The molecule has 2 rings (SSSR count). The molecule has 1 aromatic carbocycles. The number of carbonyl (C=O) groups excluding carboxylic acids is 1. The maximum atomic E-state index is 11.9. The molecule has 1 fully saturated rings. The topological polar surface area (TPSA) is 64.8 Å². The Morgan fingerprint density at radius 2 is 2.00 bits per heavy atom. The number of hydrogen-bond donors (Lipinski definition) is 1. The molecule has 0 aromatic heterocycles. The minimum atomic E-state index is -0.324. The fourth-order valence-electron chi connectivity index (χ4n) is 1.91. The van der Waals surface area contributed by atoms with Gasteiger partial charge in [-0.15, -0.1) is 0 Å². The summed E-state index contributed by atoms with van der Waals surface area (Å²) in [5, 5.41) is 0. The van der Waals surface area contributed by atoms with E-state index in [-0.39, 0.29) is 12.1 Å². The first-order valence-corrected chi connectivity index (χ1v) is 6.05. The smallest absolute Gasteiger partial charge is 0.415 e. The van der Waals surface area contributed by atoms with Crippen LogP contribution < -0.4 is 15.2 Å². The van der Waals surface area contributed by atoms with Crippen molar-refractivity contribution in [2.24, 2.45) is 5.73 Å². The monoisotopic (exact) mass is 250 g/mol. The lowest BCUT2D eigenvalue weighted by Crippen LogP contribution is -2.44. The highest BCUT2D eigenvalue weighted by molar-refractivity contribution is 5.71. The molecule has 0 atom stereocenters. The lowest BCUT2D eigenvalue weighted by molar-refractivity contribution is 0.139. The minimum Gasteiger partial charge on any atom is -0.497 e. The Kier molecular flexibility index (Phi) is 4.04. The molecule has 0 saturated carbocycles. The summed E-state index contributed by atoms with van der Waals surface area (Å²) in [4.78, 5) is 13.6. The van der Waals surface area contributed by atoms with Crippen LogP contribution in [0.3, 0.4) is 0 Å². The highest BCUT2D eigenvalue weighted by Crippen LogP contribution is 2.20. The maximum Gasteiger partial charge on any atom is 0.415 e. The third-order valence-electron chi connectivity index (χ3n) is 3.04. The van der Waals surface area contributed by atoms with Crippen LogP contribution in [0.1, 0.15) is 12.8 Å². The van der Waals surface area contributed by atoms with Gasteiger partial charge >= 0.3 is 6.09 Å². The van der Waals surface area contributed by atoms with Gasteiger partial charge in [0.25, 0.3) is 0 Å². The number of benzene rings is 1. The summed E-state index contributed by atoms with van der Waals surface area (Å²) >= 11 is 0. The molecule has 1 aliphatic rings. The van der Waals surface area contributed by atoms with Crippen molar-refractivity contribution in [2.75, 3.05) is 20.2 Å². The van der Waals surface area contributed by atoms with E-state index in [1.54, 1.807) is 36.3 Å². The summed E-state index contributed by atoms with van der Waals surface area (Å²) < 4.78 is 10.4. The second-order valence-corrected chi connectivity index (χ2v) is 4.37. The third-order valence-corrected chi connectivity index (χ3v) is 3.04. The summed E-state index contributed by atoms with van der Waals surface area (Å²) in [5.74, 6) is 1.16. The molecular formula is C13H18N2O3. The summed E-state index contributed by atoms with van der Waals surface area (Å²) in [6.07, 6.45) is 1.33. The van der Waals surface area contributed by atoms with E-state index in [1.165, 1.54) is 0 Å². The second-order valence-electron chi connectivity index (χ2n) is 4.37. The van der Waals surface area contributed by atoms with E-state index in [0.29, 0.717) is 24.6 Å². The van der Waals surface area contributed by atoms with Crippen LogP contribution in [-0.4, -0.2) is 37.2 Å². The summed E-state index contributed by atoms with van der Waals surface area (Å²) in [6, 6.07) is 7.21. The van der Waals surface area contributed by atoms with Crippen LogP contribution in [0.4, 0.5) is 4.79 Å². The molecule has 1 aromatic rings. The number of methoxy groups -OCH3 is 1. The van der Waals surface area contributed by atoms with E-state index < -0.39 is 0 Å². The molecule has 0 spiro atoms. The average molecular weight is 250 g/mol. The lowest BCUT2D eigenvalue weighted by atomic mass is 10.1. The Labute approximate surface area is 106 Å². The Morgan fingerprint density at radius 3 is 2.67 bits per heavy atom. The Bertz CT molecular complexity index is 414. The van der Waals surface area contributed by atoms with Gasteiger partial charge in [-0.25, -0.2) is 4.79 Å². The SMILES string of the molecule is COc1cccc(OC(=O)N2CCC(N)CC2)c1. The molecule has 0 aliphatic carbocycles. The van der Waals surface area contributed by atoms with Gasteiger partial charge < -0.3 is 20.1 Å². The number of nitrogens with two attached hydrogens (primary N) is 1. The van der Waals surface area contributed by atoms with Crippen molar-refractivity contribution in [3.63, 3.8) is 0 Å². The zero-order chi connectivity index (χ0) is 13.0. The van der Waals surface area contributed by atoms with Crippen molar-refractivity contribution in [3.05, 3.63) is 24.3 Å². The molecule has 1 aliphatic heterocycles. The number of piperidine rings is 1. The van der Waals surface area contributed by atoms with Crippen molar-refractivity contribution < 1.29 is 14.3 Å². The van der Waals surface area contributed by atoms with Gasteiger partial charge in [0.15, 0.2) is 0 Å². The maximum absolute atomic E-state index is 11.9. The second kappa shape index (κ2) is 5.73. The molecular weight excluding hydrogens is 232 g/mol. The van der Waals surface area contributed by atoms with E-state index in [4.69, 9.17) is 15.2 Å².